The molecular weight excluding hydrogens is 234 g/mol. The topological polar surface area (TPSA) is 84.3 Å². The molecule has 0 spiro atoms. The van der Waals surface area contributed by atoms with E-state index < -0.39 is 11.5 Å². The number of rotatable bonds is 5. The highest BCUT2D eigenvalue weighted by molar-refractivity contribution is 5.82. The molecule has 1 aromatic heterocycles. The first-order valence-electron chi connectivity index (χ1n) is 6.13. The third kappa shape index (κ3) is 2.52. The Morgan fingerprint density at radius 2 is 2.22 bits per heavy atom. The molecule has 0 amide bonds. The molecule has 0 aliphatic heterocycles. The summed E-state index contributed by atoms with van der Waals surface area (Å²) in [5.74, 6) is 0.0231. The van der Waals surface area contributed by atoms with Gasteiger partial charge in [0, 0.05) is 0 Å². The first-order chi connectivity index (χ1) is 8.66. The van der Waals surface area contributed by atoms with Crippen molar-refractivity contribution in [1.29, 1.82) is 0 Å². The monoisotopic (exact) mass is 251 g/mol. The maximum Gasteiger partial charge on any atom is 0.329 e. The lowest BCUT2D eigenvalue weighted by atomic mass is 9.98. The number of carboxylic acid groups (broad SMARTS) is 1. The second kappa shape index (κ2) is 5.20. The van der Waals surface area contributed by atoms with Gasteiger partial charge in [0.05, 0.1) is 19.0 Å². The van der Waals surface area contributed by atoms with E-state index in [0.717, 1.165) is 12.8 Å². The molecule has 0 aromatic carbocycles. The van der Waals surface area contributed by atoms with Gasteiger partial charge in [-0.15, -0.1) is 0 Å². The lowest BCUT2D eigenvalue weighted by molar-refractivity contribution is -0.142. The van der Waals surface area contributed by atoms with Crippen molar-refractivity contribution >= 4 is 11.8 Å². The molecule has 1 fully saturated rings. The lowest BCUT2D eigenvalue weighted by Crippen LogP contribution is -2.43. The number of hydrogen-bond donors (Lipinski definition) is 2. The van der Waals surface area contributed by atoms with E-state index in [1.54, 1.807) is 0 Å². The van der Waals surface area contributed by atoms with Gasteiger partial charge in [-0.1, -0.05) is 12.8 Å². The summed E-state index contributed by atoms with van der Waals surface area (Å²) in [4.78, 5) is 19.6. The van der Waals surface area contributed by atoms with Gasteiger partial charge in [-0.25, -0.2) is 4.79 Å². The van der Waals surface area contributed by atoms with Gasteiger partial charge >= 0.3 is 5.97 Å². The molecular formula is C12H17N3O3. The molecule has 1 aliphatic carbocycles. The number of aromatic nitrogens is 2. The maximum absolute atomic E-state index is 11.4. The molecule has 0 unspecified atom stereocenters. The van der Waals surface area contributed by atoms with Crippen LogP contribution < -0.4 is 10.1 Å². The normalized spacial score (nSPS) is 17.4. The van der Waals surface area contributed by atoms with E-state index in [-0.39, 0.29) is 0 Å². The van der Waals surface area contributed by atoms with Crippen LogP contribution in [0.25, 0.3) is 0 Å². The predicted molar refractivity (Wildman–Crippen MR) is 65.7 cm³/mol. The summed E-state index contributed by atoms with van der Waals surface area (Å²) in [7, 11) is 0. The predicted octanol–water partition coefficient (Wildman–Crippen LogP) is 1.68. The van der Waals surface area contributed by atoms with Crippen LogP contribution in [0, 0.1) is 0 Å². The van der Waals surface area contributed by atoms with Crippen molar-refractivity contribution in [1.82, 2.24) is 9.97 Å². The van der Waals surface area contributed by atoms with Gasteiger partial charge in [-0.05, 0) is 19.8 Å². The molecule has 0 bridgehead atoms. The Hall–Kier alpha value is -1.85. The largest absolute Gasteiger partial charge is 0.480 e. The Kier molecular flexibility index (Phi) is 3.64. The fourth-order valence-electron chi connectivity index (χ4n) is 2.24. The number of nitrogens with zero attached hydrogens (tertiary/aromatic N) is 2. The zero-order valence-corrected chi connectivity index (χ0v) is 10.3. The Morgan fingerprint density at radius 1 is 1.50 bits per heavy atom. The smallest absolute Gasteiger partial charge is 0.329 e. The summed E-state index contributed by atoms with van der Waals surface area (Å²) in [6, 6.07) is 0. The van der Waals surface area contributed by atoms with Crippen molar-refractivity contribution in [2.45, 2.75) is 38.1 Å². The van der Waals surface area contributed by atoms with E-state index >= 15 is 0 Å². The number of carboxylic acids is 1. The molecule has 1 saturated carbocycles. The Morgan fingerprint density at radius 3 is 2.83 bits per heavy atom. The molecule has 0 saturated heterocycles. The number of carbonyl (C=O) groups is 1. The van der Waals surface area contributed by atoms with Gasteiger partial charge in [0.25, 0.3) is 0 Å². The van der Waals surface area contributed by atoms with Crippen molar-refractivity contribution < 1.29 is 14.6 Å². The molecule has 6 nitrogen and oxygen atoms in total. The highest BCUT2D eigenvalue weighted by atomic mass is 16.5. The van der Waals surface area contributed by atoms with E-state index in [0.29, 0.717) is 31.1 Å². The van der Waals surface area contributed by atoms with Crippen LogP contribution in [0.1, 0.15) is 32.6 Å². The average molecular weight is 251 g/mol. The van der Waals surface area contributed by atoms with Gasteiger partial charge in [-0.2, -0.15) is 4.98 Å². The molecule has 2 rings (SSSR count). The second-order valence-corrected chi connectivity index (χ2v) is 4.39. The number of anilines is 1. The minimum absolute atomic E-state index is 0.404. The van der Waals surface area contributed by atoms with Crippen LogP contribution in [-0.4, -0.2) is 33.2 Å². The quantitative estimate of drug-likeness (QED) is 0.828. The molecule has 1 heterocycles. The highest BCUT2D eigenvalue weighted by Crippen LogP contribution is 2.33. The summed E-state index contributed by atoms with van der Waals surface area (Å²) in [5.41, 5.74) is -0.903. The fourth-order valence-corrected chi connectivity index (χ4v) is 2.24. The van der Waals surface area contributed by atoms with Crippen LogP contribution in [0.15, 0.2) is 12.4 Å². The summed E-state index contributed by atoms with van der Waals surface area (Å²) < 4.78 is 5.24. The van der Waals surface area contributed by atoms with Crippen molar-refractivity contribution in [2.24, 2.45) is 0 Å². The molecule has 1 aromatic rings. The summed E-state index contributed by atoms with van der Waals surface area (Å²) in [6.07, 6.45) is 6.09. The van der Waals surface area contributed by atoms with Gasteiger partial charge in [0.1, 0.15) is 11.4 Å². The van der Waals surface area contributed by atoms with Gasteiger partial charge in [0.15, 0.2) is 0 Å². The zero-order valence-electron chi connectivity index (χ0n) is 10.3. The van der Waals surface area contributed by atoms with Crippen LogP contribution in [0.5, 0.6) is 5.88 Å². The standard InChI is InChI=1S/C12H17N3O3/c1-2-18-10-8-13-7-9(14-10)15-12(11(16)17)5-3-4-6-12/h7-8H,2-6H2,1H3,(H,14,15)(H,16,17). The van der Waals surface area contributed by atoms with Crippen molar-refractivity contribution in [3.63, 3.8) is 0 Å². The maximum atomic E-state index is 11.4. The van der Waals surface area contributed by atoms with Gasteiger partial charge in [0.2, 0.25) is 5.88 Å². The van der Waals surface area contributed by atoms with Crippen molar-refractivity contribution in [3.8, 4) is 5.88 Å². The number of aliphatic carboxylic acids is 1. The lowest BCUT2D eigenvalue weighted by Gasteiger charge is -2.25. The molecule has 6 heteroatoms. The van der Waals surface area contributed by atoms with Crippen molar-refractivity contribution in [3.05, 3.63) is 12.4 Å². The van der Waals surface area contributed by atoms with E-state index in [1.165, 1.54) is 12.4 Å². The highest BCUT2D eigenvalue weighted by Gasteiger charge is 2.41. The zero-order chi connectivity index (χ0) is 13.0. The fraction of sp³-hybridized carbons (Fsp3) is 0.583. The van der Waals surface area contributed by atoms with E-state index in [4.69, 9.17) is 4.74 Å². The average Bonchev–Trinajstić information content (AvgIpc) is 2.80. The molecule has 0 radical (unpaired) electrons. The second-order valence-electron chi connectivity index (χ2n) is 4.39. The third-order valence-corrected chi connectivity index (χ3v) is 3.14. The summed E-state index contributed by atoms with van der Waals surface area (Å²) in [6.45, 7) is 2.36. The molecule has 18 heavy (non-hydrogen) atoms. The van der Waals surface area contributed by atoms with Crippen LogP contribution >= 0.6 is 0 Å². The Balaban J connectivity index is 2.16. The van der Waals surface area contributed by atoms with E-state index in [9.17, 15) is 9.90 Å². The molecule has 98 valence electrons. The molecule has 1 aliphatic rings. The van der Waals surface area contributed by atoms with Crippen molar-refractivity contribution in [2.75, 3.05) is 11.9 Å². The first kappa shape index (κ1) is 12.6. The Labute approximate surface area is 105 Å². The number of ether oxygens (including phenoxy) is 1. The number of nitrogens with one attached hydrogen (secondary N) is 1. The van der Waals surface area contributed by atoms with E-state index in [1.807, 2.05) is 6.92 Å². The molecule has 2 N–H and O–H groups in total. The molecule has 0 atom stereocenters. The SMILES string of the molecule is CCOc1cncc(NC2(C(=O)O)CCCC2)n1. The minimum atomic E-state index is -0.903. The van der Waals surface area contributed by atoms with Crippen LogP contribution in [0.3, 0.4) is 0 Å². The van der Waals surface area contributed by atoms with Gasteiger partial charge in [-0.3, -0.25) is 4.98 Å². The third-order valence-electron chi connectivity index (χ3n) is 3.14. The van der Waals surface area contributed by atoms with Crippen LogP contribution in [-0.2, 0) is 4.79 Å². The van der Waals surface area contributed by atoms with Crippen LogP contribution in [0.4, 0.5) is 5.82 Å². The summed E-state index contributed by atoms with van der Waals surface area (Å²) >= 11 is 0. The van der Waals surface area contributed by atoms with Crippen LogP contribution in [0.2, 0.25) is 0 Å². The minimum Gasteiger partial charge on any atom is -0.480 e. The van der Waals surface area contributed by atoms with Gasteiger partial charge < -0.3 is 15.2 Å². The Bertz CT molecular complexity index is 430. The van der Waals surface area contributed by atoms with E-state index in [2.05, 4.69) is 15.3 Å². The number of hydrogen-bond acceptors (Lipinski definition) is 5. The summed E-state index contributed by atoms with van der Waals surface area (Å²) in [5, 5.41) is 12.4. The first-order valence-corrected chi connectivity index (χ1v) is 6.13.